The number of hydrogen-bond donors (Lipinski definition) is 8. The molecule has 11 N–H and O–H groups in total. The van der Waals surface area contributed by atoms with Crippen molar-refractivity contribution >= 4 is 83.3 Å². The molecule has 476 valence electrons. The van der Waals surface area contributed by atoms with Crippen LogP contribution in [0.1, 0.15) is 82.3 Å². The molecule has 0 amide bonds. The molecule has 3 saturated heterocycles. The molecule has 26 heteroatoms. The van der Waals surface area contributed by atoms with Crippen molar-refractivity contribution in [3.05, 3.63) is 91.8 Å². The van der Waals surface area contributed by atoms with Gasteiger partial charge in [0.05, 0.1) is 71.7 Å². The van der Waals surface area contributed by atoms with E-state index in [2.05, 4.69) is 82.0 Å². The topological polar surface area (TPSA) is 334 Å². The Morgan fingerprint density at radius 2 is 0.837 bits per heavy atom. The molecule has 12 heterocycles. The lowest BCUT2D eigenvalue weighted by atomic mass is 9.90. The first-order valence-electron chi connectivity index (χ1n) is 32.1. The summed E-state index contributed by atoms with van der Waals surface area (Å²) in [5.74, 6) is 2.58. The smallest absolute Gasteiger partial charge is 0.164 e. The average Bonchev–Trinajstić information content (AvgIpc) is 1.63. The van der Waals surface area contributed by atoms with Crippen molar-refractivity contribution in [2.75, 3.05) is 97.1 Å². The van der Waals surface area contributed by atoms with E-state index in [1.54, 1.807) is 31.4 Å². The number of aromatic nitrogens is 15. The maximum absolute atomic E-state index is 9.85. The fraction of sp³-hybridized carbons (Fsp3) is 0.409. The van der Waals surface area contributed by atoms with Crippen molar-refractivity contribution in [3.8, 4) is 51.4 Å². The minimum absolute atomic E-state index is 0.235. The van der Waals surface area contributed by atoms with Crippen LogP contribution in [0.2, 0.25) is 0 Å². The van der Waals surface area contributed by atoms with Gasteiger partial charge in [-0.1, -0.05) is 0 Å². The molecule has 0 bridgehead atoms. The molecule has 12 aromatic rings. The second kappa shape index (κ2) is 25.0. The first kappa shape index (κ1) is 58.9. The minimum atomic E-state index is 0.235. The van der Waals surface area contributed by atoms with Crippen LogP contribution in [0.15, 0.2) is 91.8 Å². The highest BCUT2D eigenvalue weighted by Crippen LogP contribution is 2.41. The number of hydrogen-bond acceptors (Lipinski definition) is 20. The van der Waals surface area contributed by atoms with Crippen molar-refractivity contribution in [2.24, 2.45) is 0 Å². The predicted molar refractivity (Wildman–Crippen MR) is 354 cm³/mol. The third kappa shape index (κ3) is 11.4. The Bertz CT molecular complexity index is 4610. The molecular formula is C66H77N21O5. The molecule has 2 aliphatic carbocycles. The van der Waals surface area contributed by atoms with Crippen molar-refractivity contribution in [2.45, 2.75) is 94.4 Å². The molecule has 17 rings (SSSR count). The monoisotopic (exact) mass is 1240 g/mol. The molecular weight excluding hydrogens is 1170 g/mol. The summed E-state index contributed by atoms with van der Waals surface area (Å²) in [6.45, 7) is 9.85. The number of rotatable bonds is 9. The van der Waals surface area contributed by atoms with Crippen molar-refractivity contribution < 1.29 is 24.4 Å². The van der Waals surface area contributed by atoms with Gasteiger partial charge in [0.2, 0.25) is 0 Å². The van der Waals surface area contributed by atoms with Gasteiger partial charge >= 0.3 is 0 Å². The minimum Gasteiger partial charge on any atom is -0.508 e. The summed E-state index contributed by atoms with van der Waals surface area (Å²) in [7, 11) is 3.87. The van der Waals surface area contributed by atoms with Gasteiger partial charge in [-0.25, -0.2) is 43.9 Å². The van der Waals surface area contributed by atoms with Gasteiger partial charge in [-0.2, -0.15) is 15.3 Å². The summed E-state index contributed by atoms with van der Waals surface area (Å²) in [6, 6.07) is 24.7. The van der Waals surface area contributed by atoms with Crippen LogP contribution in [0.3, 0.4) is 0 Å². The van der Waals surface area contributed by atoms with Crippen LogP contribution in [0.4, 0.5) is 17.5 Å². The largest absolute Gasteiger partial charge is 0.508 e. The molecule has 0 spiro atoms. The lowest BCUT2D eigenvalue weighted by Gasteiger charge is -2.41. The molecule has 5 aliphatic rings. The number of nitrogens with one attached hydrogen (secondary N) is 3. The van der Waals surface area contributed by atoms with Gasteiger partial charge in [-0.3, -0.25) is 9.80 Å². The van der Waals surface area contributed by atoms with Crippen LogP contribution in [-0.2, 0) is 9.47 Å². The number of likely N-dealkylation sites (N-methyl/N-ethyl adjacent to an activating group) is 1. The zero-order chi connectivity index (χ0) is 62.6. The van der Waals surface area contributed by atoms with Crippen LogP contribution in [0.25, 0.3) is 100.0 Å². The maximum Gasteiger partial charge on any atom is 0.164 e. The van der Waals surface area contributed by atoms with Crippen LogP contribution >= 0.6 is 0 Å². The number of morpholine rings is 1. The number of methoxy groups -OCH3 is 1. The third-order valence-corrected chi connectivity index (χ3v) is 19.5. The molecule has 0 unspecified atom stereocenters. The quantitative estimate of drug-likeness (QED) is 0.0668. The summed E-state index contributed by atoms with van der Waals surface area (Å²) in [5.41, 5.74) is 28.9. The maximum atomic E-state index is 9.85. The van der Waals surface area contributed by atoms with E-state index >= 15 is 0 Å². The fourth-order valence-corrected chi connectivity index (χ4v) is 14.6. The number of aromatic amines is 3. The van der Waals surface area contributed by atoms with Gasteiger partial charge < -0.3 is 61.5 Å². The van der Waals surface area contributed by atoms with E-state index < -0.39 is 0 Å². The fourth-order valence-electron chi connectivity index (χ4n) is 14.6. The molecule has 26 nitrogen and oxygen atoms in total. The zero-order valence-electron chi connectivity index (χ0n) is 51.7. The van der Waals surface area contributed by atoms with E-state index in [4.69, 9.17) is 46.7 Å². The van der Waals surface area contributed by atoms with E-state index in [0.29, 0.717) is 35.6 Å². The first-order valence-corrected chi connectivity index (χ1v) is 32.1. The highest BCUT2D eigenvalue weighted by Gasteiger charge is 2.34. The Kier molecular flexibility index (Phi) is 16.0. The number of nitrogens with zero attached hydrogens (tertiary/aromatic N) is 15. The molecule has 3 aliphatic heterocycles. The number of H-pyrrole nitrogens is 3. The number of nitrogen functional groups attached to an aromatic ring is 3. The van der Waals surface area contributed by atoms with Gasteiger partial charge in [0, 0.05) is 103 Å². The number of phenols is 2. The third-order valence-electron chi connectivity index (χ3n) is 19.5. The normalized spacial score (nSPS) is 20.7. The number of ether oxygens (including phenoxy) is 3. The number of anilines is 3. The van der Waals surface area contributed by atoms with Crippen molar-refractivity contribution in [1.29, 1.82) is 0 Å². The SMILES string of the molecule is CN1CCN(C2CCC(n3nc(-c4cc5cc(O)ccc5[nH]4)c4c(N)ncnc43)CC2)CC1.COc1ccc2cc(-c3nn(C4CCOCC4)c4ncnc(N)c34)[nH]c2c1.Nc1ncnc2c1c(-c1cc3cc(O)ccc3[nH]1)nn2C1CCC(N2CCOCC2)CC1. The van der Waals surface area contributed by atoms with Gasteiger partial charge in [-0.15, -0.1) is 0 Å². The highest BCUT2D eigenvalue weighted by molar-refractivity contribution is 6.02. The molecule has 9 aromatic heterocycles. The van der Waals surface area contributed by atoms with Crippen LogP contribution in [0, 0.1) is 0 Å². The molecule has 3 aromatic carbocycles. The van der Waals surface area contributed by atoms with E-state index in [1.165, 1.54) is 44.9 Å². The Balaban J connectivity index is 0.000000115. The van der Waals surface area contributed by atoms with E-state index in [-0.39, 0.29) is 23.6 Å². The summed E-state index contributed by atoms with van der Waals surface area (Å²) >= 11 is 0. The summed E-state index contributed by atoms with van der Waals surface area (Å²) in [5, 5.41) is 39.9. The Hall–Kier alpha value is -9.47. The van der Waals surface area contributed by atoms with Gasteiger partial charge in [0.25, 0.3) is 0 Å². The molecule has 92 heavy (non-hydrogen) atoms. The number of benzene rings is 3. The van der Waals surface area contributed by atoms with Gasteiger partial charge in [0.15, 0.2) is 16.9 Å². The standard InChI is InChI=1S/C24H30N8O.C23H27N7O2.C19H20N6O2/c1-30-8-10-31(11-9-30)16-2-4-17(5-3-16)32-24-21(23(25)26-14-27-24)22(29-32)20-13-15-12-18(33)6-7-19(15)28-20;24-22-20-21(19-12-14-11-17(31)5-6-18(14)27-19)28-30(23(20)26-13-25-22)16-3-1-15(2-4-16)29-7-9-32-10-8-29;1-26-13-3-2-11-8-15(23-14(11)9-13)17-16-18(20)21-10-22-19(16)25(24-17)12-4-6-27-7-5-12/h6-7,12-14,16-17,28,33H,2-5,8-11H2,1H3,(H2,25,26,27);5-6,11-13,15-16,27,31H,1-4,7-10H2,(H2,24,25,26);2-3,8-10,12,23H,4-7H2,1H3,(H2,20,21,22). The second-order valence-corrected chi connectivity index (χ2v) is 25.1. The predicted octanol–water partition coefficient (Wildman–Crippen LogP) is 8.99. The highest BCUT2D eigenvalue weighted by atomic mass is 16.5. The summed E-state index contributed by atoms with van der Waals surface area (Å²) in [6.07, 6.45) is 15.3. The molecule has 2 saturated carbocycles. The van der Waals surface area contributed by atoms with Crippen molar-refractivity contribution in [1.82, 2.24) is 88.9 Å². The Morgan fingerprint density at radius 3 is 1.29 bits per heavy atom. The van der Waals surface area contributed by atoms with E-state index in [0.717, 1.165) is 210 Å². The van der Waals surface area contributed by atoms with Gasteiger partial charge in [0.1, 0.15) is 70.8 Å². The zero-order valence-corrected chi connectivity index (χ0v) is 51.7. The first-order chi connectivity index (χ1) is 45.0. The number of aromatic hydroxyl groups is 2. The number of piperazine rings is 1. The van der Waals surface area contributed by atoms with E-state index in [1.807, 2.05) is 47.1 Å². The number of fused-ring (bicyclic) bond motifs is 6. The molecule has 0 radical (unpaired) electrons. The average molecular weight is 1240 g/mol. The summed E-state index contributed by atoms with van der Waals surface area (Å²) < 4.78 is 22.4. The van der Waals surface area contributed by atoms with Crippen molar-refractivity contribution in [3.63, 3.8) is 0 Å². The second-order valence-electron chi connectivity index (χ2n) is 25.1. The Labute approximate surface area is 529 Å². The Morgan fingerprint density at radius 1 is 0.435 bits per heavy atom. The number of phenolic OH excluding ortho intramolecular Hbond substituents is 2. The van der Waals surface area contributed by atoms with Crippen LogP contribution in [0.5, 0.6) is 17.2 Å². The van der Waals surface area contributed by atoms with Crippen LogP contribution in [-0.4, -0.2) is 191 Å². The van der Waals surface area contributed by atoms with E-state index in [9.17, 15) is 10.2 Å². The lowest BCUT2D eigenvalue weighted by molar-refractivity contribution is 0.00520. The van der Waals surface area contributed by atoms with Gasteiger partial charge in [-0.05, 0) is 138 Å². The van der Waals surface area contributed by atoms with Crippen LogP contribution < -0.4 is 21.9 Å². The molecule has 5 fully saturated rings. The lowest BCUT2D eigenvalue weighted by Crippen LogP contribution is -2.49. The molecule has 0 atom stereocenters. The number of nitrogens with two attached hydrogens (primary N) is 3. The summed E-state index contributed by atoms with van der Waals surface area (Å²) in [4.78, 5) is 44.2.